The van der Waals surface area contributed by atoms with E-state index >= 15 is 0 Å². The summed E-state index contributed by atoms with van der Waals surface area (Å²) in [5.41, 5.74) is 2.38. The fourth-order valence-electron chi connectivity index (χ4n) is 4.41. The summed E-state index contributed by atoms with van der Waals surface area (Å²) in [4.78, 5) is 28.1. The molecule has 5 rings (SSSR count). The molecule has 7 nitrogen and oxygen atoms in total. The Kier molecular flexibility index (Phi) is 5.45. The van der Waals surface area contributed by atoms with Gasteiger partial charge in [0.15, 0.2) is 11.5 Å². The third kappa shape index (κ3) is 3.55. The molecule has 1 N–H and O–H groups in total. The largest absolute Gasteiger partial charge is 0.507 e. The van der Waals surface area contributed by atoms with Gasteiger partial charge in [0.2, 0.25) is 0 Å². The summed E-state index contributed by atoms with van der Waals surface area (Å²) in [7, 11) is 1.56. The predicted octanol–water partition coefficient (Wildman–Crippen LogP) is 4.40. The number of rotatable bonds is 4. The predicted molar refractivity (Wildman–Crippen MR) is 126 cm³/mol. The lowest BCUT2D eigenvalue weighted by molar-refractivity contribution is -0.132. The number of carbonyl (C=O) groups excluding carboxylic acids is 2. The third-order valence-electron chi connectivity index (χ3n) is 6.05. The highest BCUT2D eigenvalue weighted by atomic mass is 16.6. The number of anilines is 1. The quantitative estimate of drug-likeness (QED) is 0.355. The van der Waals surface area contributed by atoms with Crippen molar-refractivity contribution in [1.29, 1.82) is 0 Å². The first-order valence-corrected chi connectivity index (χ1v) is 10.9. The average molecular weight is 457 g/mol. The van der Waals surface area contributed by atoms with Gasteiger partial charge >= 0.3 is 0 Å². The fraction of sp³-hybridized carbons (Fsp3) is 0.185. The summed E-state index contributed by atoms with van der Waals surface area (Å²) in [6, 6.07) is 18.6. The maximum atomic E-state index is 13.3. The minimum atomic E-state index is -0.815. The molecule has 0 radical (unpaired) electrons. The van der Waals surface area contributed by atoms with Gasteiger partial charge in [0.25, 0.3) is 11.7 Å². The molecule has 2 heterocycles. The SMILES string of the molecule is COc1ccc(/C(O)=C2\C(=O)C(=O)N(c3ccc4c(c3)OCCO4)C2c2ccccc2)c(C)c1. The van der Waals surface area contributed by atoms with E-state index in [0.717, 1.165) is 0 Å². The lowest BCUT2D eigenvalue weighted by Crippen LogP contribution is -2.29. The van der Waals surface area contributed by atoms with Gasteiger partial charge in [-0.25, -0.2) is 0 Å². The number of methoxy groups -OCH3 is 1. The van der Waals surface area contributed by atoms with E-state index in [2.05, 4.69) is 0 Å². The first kappa shape index (κ1) is 21.6. The van der Waals surface area contributed by atoms with Crippen molar-refractivity contribution in [1.82, 2.24) is 0 Å². The highest BCUT2D eigenvalue weighted by Gasteiger charge is 2.47. The number of aliphatic hydroxyl groups is 1. The summed E-state index contributed by atoms with van der Waals surface area (Å²) in [5, 5.41) is 11.3. The van der Waals surface area contributed by atoms with Crippen molar-refractivity contribution in [2.75, 3.05) is 25.2 Å². The number of aliphatic hydroxyl groups excluding tert-OH is 1. The number of Topliss-reactive ketones (excluding diaryl/α,β-unsaturated/α-hetero) is 1. The average Bonchev–Trinajstić information content (AvgIpc) is 3.14. The van der Waals surface area contributed by atoms with Crippen LogP contribution in [0, 0.1) is 6.92 Å². The topological polar surface area (TPSA) is 85.3 Å². The van der Waals surface area contributed by atoms with Gasteiger partial charge in [-0.15, -0.1) is 0 Å². The zero-order valence-electron chi connectivity index (χ0n) is 18.8. The second-order valence-electron chi connectivity index (χ2n) is 8.09. The van der Waals surface area contributed by atoms with Gasteiger partial charge in [0.05, 0.1) is 18.7 Å². The van der Waals surface area contributed by atoms with Crippen molar-refractivity contribution in [3.8, 4) is 17.2 Å². The highest BCUT2D eigenvalue weighted by molar-refractivity contribution is 6.51. The molecule has 1 unspecified atom stereocenters. The molecule has 172 valence electrons. The molecular weight excluding hydrogens is 434 g/mol. The molecule has 0 saturated carbocycles. The molecule has 0 spiro atoms. The molecule has 0 aromatic heterocycles. The monoisotopic (exact) mass is 457 g/mol. The van der Waals surface area contributed by atoms with E-state index in [1.54, 1.807) is 43.5 Å². The number of fused-ring (bicyclic) bond motifs is 1. The van der Waals surface area contributed by atoms with Gasteiger partial charge in [-0.1, -0.05) is 30.3 Å². The molecule has 1 atom stereocenters. The molecule has 2 aliphatic heterocycles. The van der Waals surface area contributed by atoms with Crippen molar-refractivity contribution < 1.29 is 28.9 Å². The molecule has 0 aliphatic carbocycles. The summed E-state index contributed by atoms with van der Waals surface area (Å²) in [6.45, 7) is 2.65. The Bertz CT molecular complexity index is 1310. The first-order valence-electron chi connectivity index (χ1n) is 10.9. The van der Waals surface area contributed by atoms with Crippen LogP contribution in [0.15, 0.2) is 72.3 Å². The Morgan fingerprint density at radius 2 is 1.71 bits per heavy atom. The summed E-state index contributed by atoms with van der Waals surface area (Å²) >= 11 is 0. The van der Waals surface area contributed by atoms with Crippen LogP contribution in [-0.4, -0.2) is 37.1 Å². The normalized spacial score (nSPS) is 18.8. The van der Waals surface area contributed by atoms with Crippen LogP contribution in [0.5, 0.6) is 17.2 Å². The zero-order valence-corrected chi connectivity index (χ0v) is 18.8. The number of amides is 1. The Morgan fingerprint density at radius 1 is 0.971 bits per heavy atom. The summed E-state index contributed by atoms with van der Waals surface area (Å²) in [6.07, 6.45) is 0. The van der Waals surface area contributed by atoms with E-state index in [-0.39, 0.29) is 11.3 Å². The number of ether oxygens (including phenoxy) is 3. The van der Waals surface area contributed by atoms with E-state index in [1.807, 2.05) is 37.3 Å². The number of ketones is 1. The van der Waals surface area contributed by atoms with Gasteiger partial charge < -0.3 is 19.3 Å². The maximum Gasteiger partial charge on any atom is 0.300 e. The smallest absolute Gasteiger partial charge is 0.300 e. The van der Waals surface area contributed by atoms with Gasteiger partial charge in [-0.3, -0.25) is 14.5 Å². The van der Waals surface area contributed by atoms with Crippen LogP contribution in [0.4, 0.5) is 5.69 Å². The third-order valence-corrected chi connectivity index (χ3v) is 6.05. The van der Waals surface area contributed by atoms with Crippen molar-refractivity contribution >= 4 is 23.1 Å². The molecule has 34 heavy (non-hydrogen) atoms. The van der Waals surface area contributed by atoms with Crippen molar-refractivity contribution in [3.05, 3.63) is 89.0 Å². The summed E-state index contributed by atoms with van der Waals surface area (Å²) < 4.78 is 16.5. The fourth-order valence-corrected chi connectivity index (χ4v) is 4.41. The molecule has 3 aromatic rings. The Labute approximate surface area is 196 Å². The number of hydrogen-bond donors (Lipinski definition) is 1. The minimum Gasteiger partial charge on any atom is -0.507 e. The van der Waals surface area contributed by atoms with Crippen molar-refractivity contribution in [3.63, 3.8) is 0 Å². The Balaban J connectivity index is 1.69. The molecule has 0 bridgehead atoms. The lowest BCUT2D eigenvalue weighted by Gasteiger charge is -2.27. The maximum absolute atomic E-state index is 13.3. The van der Waals surface area contributed by atoms with E-state index < -0.39 is 17.7 Å². The van der Waals surface area contributed by atoms with Crippen LogP contribution in [0.1, 0.15) is 22.7 Å². The standard InChI is InChI=1S/C27H23NO6/c1-16-14-19(32-2)9-10-20(16)25(29)23-24(17-6-4-3-5-7-17)28(27(31)26(23)30)18-8-11-21-22(15-18)34-13-12-33-21/h3-11,14-15,24,29H,12-13H2,1-2H3/b25-23+. The van der Waals surface area contributed by atoms with Gasteiger partial charge in [0, 0.05) is 17.3 Å². The van der Waals surface area contributed by atoms with Crippen LogP contribution in [0.3, 0.4) is 0 Å². The molecular formula is C27H23NO6. The van der Waals surface area contributed by atoms with Crippen molar-refractivity contribution in [2.24, 2.45) is 0 Å². The van der Waals surface area contributed by atoms with Crippen molar-refractivity contribution in [2.45, 2.75) is 13.0 Å². The second kappa shape index (κ2) is 8.59. The van der Waals surface area contributed by atoms with E-state index in [4.69, 9.17) is 14.2 Å². The lowest BCUT2D eigenvalue weighted by atomic mass is 9.93. The molecule has 7 heteroatoms. The first-order chi connectivity index (χ1) is 16.5. The number of aryl methyl sites for hydroxylation is 1. The number of benzene rings is 3. The number of nitrogens with zero attached hydrogens (tertiary/aromatic N) is 1. The van der Waals surface area contributed by atoms with Gasteiger partial charge in [-0.2, -0.15) is 0 Å². The minimum absolute atomic E-state index is 0.0272. The van der Waals surface area contributed by atoms with Crippen LogP contribution >= 0.6 is 0 Å². The van der Waals surface area contributed by atoms with E-state index in [1.165, 1.54) is 4.90 Å². The number of carbonyl (C=O) groups is 2. The van der Waals surface area contributed by atoms with Crippen LogP contribution < -0.4 is 19.1 Å². The van der Waals surface area contributed by atoms with E-state index in [0.29, 0.717) is 52.8 Å². The number of hydrogen-bond acceptors (Lipinski definition) is 6. The highest BCUT2D eigenvalue weighted by Crippen LogP contribution is 2.44. The summed E-state index contributed by atoms with van der Waals surface area (Å²) in [5.74, 6) is 0.00709. The van der Waals surface area contributed by atoms with Crippen LogP contribution in [0.25, 0.3) is 5.76 Å². The van der Waals surface area contributed by atoms with Crippen LogP contribution in [-0.2, 0) is 9.59 Å². The van der Waals surface area contributed by atoms with Crippen LogP contribution in [0.2, 0.25) is 0 Å². The van der Waals surface area contributed by atoms with Gasteiger partial charge in [-0.05, 0) is 48.4 Å². The zero-order chi connectivity index (χ0) is 23.8. The van der Waals surface area contributed by atoms with E-state index in [9.17, 15) is 14.7 Å². The Hall–Kier alpha value is -4.26. The van der Waals surface area contributed by atoms with Gasteiger partial charge in [0.1, 0.15) is 24.7 Å². The molecule has 3 aromatic carbocycles. The molecule has 1 fully saturated rings. The second-order valence-corrected chi connectivity index (χ2v) is 8.09. The molecule has 1 amide bonds. The molecule has 1 saturated heterocycles. The molecule has 2 aliphatic rings. The Morgan fingerprint density at radius 3 is 2.41 bits per heavy atom.